The quantitative estimate of drug-likeness (QED) is 0.476. The summed E-state index contributed by atoms with van der Waals surface area (Å²) in [5, 5.41) is 2.87. The first-order valence-corrected chi connectivity index (χ1v) is 12.0. The second kappa shape index (κ2) is 11.2. The lowest BCUT2D eigenvalue weighted by Gasteiger charge is -2.30. The van der Waals surface area contributed by atoms with Crippen LogP contribution in [0.4, 0.5) is 0 Å². The Hall–Kier alpha value is -2.30. The number of carbonyl (C=O) groups excluding carboxylic acids is 1. The molecule has 0 aromatic heterocycles. The van der Waals surface area contributed by atoms with Gasteiger partial charge in [0.2, 0.25) is 5.91 Å². The second-order valence-electron chi connectivity index (χ2n) is 7.91. The van der Waals surface area contributed by atoms with E-state index >= 15 is 0 Å². The van der Waals surface area contributed by atoms with Crippen molar-refractivity contribution in [1.29, 1.82) is 0 Å². The van der Waals surface area contributed by atoms with Gasteiger partial charge in [0, 0.05) is 0 Å². The molecule has 0 radical (unpaired) electrons. The molecule has 30 heavy (non-hydrogen) atoms. The molecule has 0 saturated carbocycles. The first-order chi connectivity index (χ1) is 14.2. The molecular weight excluding hydrogens is 399 g/mol. The molecule has 0 aliphatic heterocycles. The largest absolute Gasteiger partial charge is 0.452 e. The summed E-state index contributed by atoms with van der Waals surface area (Å²) in [5.74, 6) is -0.252. The molecule has 0 heterocycles. The van der Waals surface area contributed by atoms with Crippen molar-refractivity contribution in [2.75, 3.05) is 0 Å². The summed E-state index contributed by atoms with van der Waals surface area (Å²) in [6.07, 6.45) is 1.18. The van der Waals surface area contributed by atoms with E-state index < -0.39 is 19.4 Å². The Bertz CT molecular complexity index is 784. The van der Waals surface area contributed by atoms with Gasteiger partial charge in [0.15, 0.2) is 5.78 Å². The Morgan fingerprint density at radius 2 is 1.43 bits per heavy atom. The highest BCUT2D eigenvalue weighted by atomic mass is 31.2. The van der Waals surface area contributed by atoms with Gasteiger partial charge in [-0.05, 0) is 42.5 Å². The van der Waals surface area contributed by atoms with Crippen molar-refractivity contribution in [2.45, 2.75) is 52.4 Å². The molecule has 0 bridgehead atoms. The zero-order valence-electron chi connectivity index (χ0n) is 18.2. The van der Waals surface area contributed by atoms with E-state index in [9.17, 15) is 9.36 Å². The molecule has 164 valence electrons. The first-order valence-electron chi connectivity index (χ1n) is 10.4. The number of nitrogens with one attached hydrogen (secondary N) is 1. The minimum absolute atomic E-state index is 0.00540. The molecule has 6 nitrogen and oxygen atoms in total. The molecule has 1 unspecified atom stereocenters. The molecule has 2 aromatic rings. The first kappa shape index (κ1) is 24.0. The zero-order chi connectivity index (χ0) is 22.1. The summed E-state index contributed by atoms with van der Waals surface area (Å²) >= 11 is 0. The molecule has 0 fully saturated rings. The normalized spacial score (nSPS) is 14.6. The number of hydrogen-bond acceptors (Lipinski definition) is 5. The van der Waals surface area contributed by atoms with Gasteiger partial charge in [0.1, 0.15) is 11.5 Å². The molecule has 0 spiro atoms. The maximum atomic E-state index is 14.1. The number of hydrogen-bond donors (Lipinski definition) is 2. The average Bonchev–Trinajstić information content (AvgIpc) is 2.73. The lowest BCUT2D eigenvalue weighted by atomic mass is 9.99. The highest BCUT2D eigenvalue weighted by molar-refractivity contribution is 7.55. The molecule has 0 aliphatic rings. The standard InChI is InChI=1S/C23H33N2O4P/c1-5-18(4)22(24)23(26)25-21(16-17(2)3)30(27,28-19-12-8-6-9-13-19)29-20-14-10-7-11-15-20/h6-15,17-18,21-22H,5,16,24H2,1-4H3,(H,25,26)/t18-,21?,22-/m0/s1. The Kier molecular flexibility index (Phi) is 8.94. The number of nitrogens with two attached hydrogens (primary N) is 1. The smallest absolute Gasteiger partial charge is 0.415 e. The number of carbonyl (C=O) groups is 1. The van der Waals surface area contributed by atoms with E-state index in [0.29, 0.717) is 17.9 Å². The van der Waals surface area contributed by atoms with Crippen LogP contribution in [-0.2, 0) is 9.36 Å². The SMILES string of the molecule is CC[C@H](C)[C@H](N)C(=O)NC(CC(C)C)P(=O)(Oc1ccccc1)Oc1ccccc1. The third kappa shape index (κ3) is 6.89. The van der Waals surface area contributed by atoms with Gasteiger partial charge in [-0.25, -0.2) is 4.57 Å². The van der Waals surface area contributed by atoms with Crippen molar-refractivity contribution in [3.05, 3.63) is 60.7 Å². The van der Waals surface area contributed by atoms with Gasteiger partial charge in [-0.15, -0.1) is 0 Å². The monoisotopic (exact) mass is 432 g/mol. The number of para-hydroxylation sites is 2. The average molecular weight is 433 g/mol. The van der Waals surface area contributed by atoms with Crippen molar-refractivity contribution in [3.8, 4) is 11.5 Å². The van der Waals surface area contributed by atoms with E-state index in [2.05, 4.69) is 5.32 Å². The van der Waals surface area contributed by atoms with Crippen LogP contribution in [-0.4, -0.2) is 17.7 Å². The summed E-state index contributed by atoms with van der Waals surface area (Å²) in [5.41, 5.74) is 6.12. The van der Waals surface area contributed by atoms with Gasteiger partial charge in [-0.3, -0.25) is 4.79 Å². The Balaban J connectivity index is 2.38. The topological polar surface area (TPSA) is 90.7 Å². The van der Waals surface area contributed by atoms with Crippen LogP contribution in [0, 0.1) is 11.8 Å². The zero-order valence-corrected chi connectivity index (χ0v) is 19.0. The van der Waals surface area contributed by atoms with E-state index in [1.807, 2.05) is 39.8 Å². The van der Waals surface area contributed by atoms with E-state index in [1.54, 1.807) is 48.5 Å². The lowest BCUT2D eigenvalue weighted by Crippen LogP contribution is -2.49. The van der Waals surface area contributed by atoms with Gasteiger partial charge in [-0.1, -0.05) is 70.5 Å². The highest BCUT2D eigenvalue weighted by Gasteiger charge is 2.41. The predicted octanol–water partition coefficient (Wildman–Crippen LogP) is 5.20. The van der Waals surface area contributed by atoms with Crippen LogP contribution < -0.4 is 20.1 Å². The van der Waals surface area contributed by atoms with E-state index in [1.165, 1.54) is 0 Å². The summed E-state index contributed by atoms with van der Waals surface area (Å²) in [7, 11) is -3.85. The summed E-state index contributed by atoms with van der Waals surface area (Å²) in [4.78, 5) is 12.8. The summed E-state index contributed by atoms with van der Waals surface area (Å²) in [6.45, 7) is 7.87. The molecule has 3 N–H and O–H groups in total. The van der Waals surface area contributed by atoms with Crippen molar-refractivity contribution in [3.63, 3.8) is 0 Å². The van der Waals surface area contributed by atoms with Gasteiger partial charge in [-0.2, -0.15) is 0 Å². The highest BCUT2D eigenvalue weighted by Crippen LogP contribution is 2.53. The fourth-order valence-corrected chi connectivity index (χ4v) is 4.98. The van der Waals surface area contributed by atoms with Gasteiger partial charge < -0.3 is 20.1 Å². The van der Waals surface area contributed by atoms with Gasteiger partial charge in [0.05, 0.1) is 6.04 Å². The third-order valence-corrected chi connectivity index (χ3v) is 6.93. The van der Waals surface area contributed by atoms with Crippen LogP contribution in [0.25, 0.3) is 0 Å². The molecule has 2 rings (SSSR count). The summed E-state index contributed by atoms with van der Waals surface area (Å²) < 4.78 is 25.9. The second-order valence-corrected chi connectivity index (χ2v) is 9.98. The van der Waals surface area contributed by atoms with Crippen LogP contribution in [0.15, 0.2) is 60.7 Å². The molecular formula is C23H33N2O4P. The van der Waals surface area contributed by atoms with Crippen LogP contribution in [0.2, 0.25) is 0 Å². The van der Waals surface area contributed by atoms with E-state index in [0.717, 1.165) is 6.42 Å². The van der Waals surface area contributed by atoms with Crippen molar-refractivity contribution in [2.24, 2.45) is 17.6 Å². The van der Waals surface area contributed by atoms with Gasteiger partial charge >= 0.3 is 7.60 Å². The maximum absolute atomic E-state index is 14.1. The number of benzene rings is 2. The number of amides is 1. The summed E-state index contributed by atoms with van der Waals surface area (Å²) in [6, 6.07) is 17.0. The Morgan fingerprint density at radius 3 is 1.83 bits per heavy atom. The Labute approximate surface area is 179 Å². The van der Waals surface area contributed by atoms with Crippen LogP contribution >= 0.6 is 7.60 Å². The molecule has 0 saturated heterocycles. The molecule has 2 aromatic carbocycles. The van der Waals surface area contributed by atoms with Crippen molar-refractivity contribution < 1.29 is 18.4 Å². The molecule has 3 atom stereocenters. The molecule has 7 heteroatoms. The van der Waals surface area contributed by atoms with Crippen molar-refractivity contribution in [1.82, 2.24) is 5.32 Å². The van der Waals surface area contributed by atoms with Crippen LogP contribution in [0.3, 0.4) is 0 Å². The Morgan fingerprint density at radius 1 is 0.967 bits per heavy atom. The van der Waals surface area contributed by atoms with Crippen LogP contribution in [0.5, 0.6) is 11.5 Å². The minimum atomic E-state index is -3.85. The minimum Gasteiger partial charge on any atom is -0.415 e. The van der Waals surface area contributed by atoms with Crippen molar-refractivity contribution >= 4 is 13.5 Å². The van der Waals surface area contributed by atoms with E-state index in [-0.39, 0.29) is 17.7 Å². The molecule has 1 amide bonds. The van der Waals surface area contributed by atoms with Gasteiger partial charge in [0.25, 0.3) is 0 Å². The molecule has 0 aliphatic carbocycles. The third-order valence-electron chi connectivity index (χ3n) is 4.90. The predicted molar refractivity (Wildman–Crippen MR) is 121 cm³/mol. The van der Waals surface area contributed by atoms with E-state index in [4.69, 9.17) is 14.8 Å². The lowest BCUT2D eigenvalue weighted by molar-refractivity contribution is -0.123. The van der Waals surface area contributed by atoms with Crippen LogP contribution in [0.1, 0.15) is 40.5 Å². The fraction of sp³-hybridized carbons (Fsp3) is 0.435. The fourth-order valence-electron chi connectivity index (χ4n) is 2.89. The maximum Gasteiger partial charge on any atom is 0.452 e. The number of rotatable bonds is 11.